The van der Waals surface area contributed by atoms with E-state index in [0.29, 0.717) is 5.75 Å². The highest BCUT2D eigenvalue weighted by atomic mass is 16.5. The van der Waals surface area contributed by atoms with Crippen molar-refractivity contribution < 1.29 is 9.53 Å². The summed E-state index contributed by atoms with van der Waals surface area (Å²) in [7, 11) is 0. The Morgan fingerprint density at radius 2 is 2.00 bits per heavy atom. The van der Waals surface area contributed by atoms with Crippen LogP contribution in [0.1, 0.15) is 0 Å². The number of nitrogens with zero attached hydrogens (tertiary/aromatic N) is 1. The summed E-state index contributed by atoms with van der Waals surface area (Å²) in [5.41, 5.74) is 0.739. The average Bonchev–Trinajstić information content (AvgIpc) is 2.53. The lowest BCUT2D eigenvalue weighted by Crippen LogP contribution is -2.28. The Morgan fingerprint density at radius 3 is 2.76 bits per heavy atom. The fourth-order valence-electron chi connectivity index (χ4n) is 1.49. The third-order valence-electron chi connectivity index (χ3n) is 2.44. The Morgan fingerprint density at radius 1 is 1.14 bits per heavy atom. The standard InChI is InChI=1S/C16H15N3O2/c20-16(19-14-7-2-1-3-8-14)18-11-4-5-12-21-15-9-6-10-17-13-15/h1-3,6-10,13H,11-12H2,(H2,18,19,20). The molecule has 2 amide bonds. The molecule has 0 aliphatic carbocycles. The van der Waals surface area contributed by atoms with Gasteiger partial charge < -0.3 is 15.4 Å². The van der Waals surface area contributed by atoms with Crippen molar-refractivity contribution in [1.82, 2.24) is 10.3 Å². The molecule has 0 saturated heterocycles. The van der Waals surface area contributed by atoms with Gasteiger partial charge in [-0.05, 0) is 24.3 Å². The molecule has 0 fully saturated rings. The second kappa shape index (κ2) is 8.23. The van der Waals surface area contributed by atoms with E-state index in [4.69, 9.17) is 4.74 Å². The summed E-state index contributed by atoms with van der Waals surface area (Å²) in [5.74, 6) is 6.28. The van der Waals surface area contributed by atoms with E-state index in [1.165, 1.54) is 0 Å². The third kappa shape index (κ3) is 5.66. The molecule has 0 aliphatic rings. The van der Waals surface area contributed by atoms with Gasteiger partial charge in [0.2, 0.25) is 0 Å². The van der Waals surface area contributed by atoms with Crippen molar-refractivity contribution in [2.75, 3.05) is 18.5 Å². The number of rotatable bonds is 4. The third-order valence-corrected chi connectivity index (χ3v) is 2.44. The predicted molar refractivity (Wildman–Crippen MR) is 81.0 cm³/mol. The van der Waals surface area contributed by atoms with Crippen molar-refractivity contribution in [3.8, 4) is 17.6 Å². The van der Waals surface area contributed by atoms with E-state index in [1.54, 1.807) is 24.5 Å². The van der Waals surface area contributed by atoms with Crippen molar-refractivity contribution in [2.24, 2.45) is 0 Å². The predicted octanol–water partition coefficient (Wildman–Crippen LogP) is 2.29. The summed E-state index contributed by atoms with van der Waals surface area (Å²) >= 11 is 0. The molecule has 2 rings (SSSR count). The summed E-state index contributed by atoms with van der Waals surface area (Å²) in [6.45, 7) is 0.517. The number of amides is 2. The molecular formula is C16H15N3O2. The van der Waals surface area contributed by atoms with E-state index in [2.05, 4.69) is 27.5 Å². The molecule has 0 atom stereocenters. The number of pyridine rings is 1. The molecule has 0 aliphatic heterocycles. The molecule has 0 bridgehead atoms. The Hall–Kier alpha value is -3.00. The molecule has 106 valence electrons. The fourth-order valence-corrected chi connectivity index (χ4v) is 1.49. The van der Waals surface area contributed by atoms with Crippen LogP contribution >= 0.6 is 0 Å². The molecule has 0 spiro atoms. The van der Waals surface area contributed by atoms with Crippen LogP contribution in [0.2, 0.25) is 0 Å². The molecule has 0 unspecified atom stereocenters. The Kier molecular flexibility index (Phi) is 5.65. The van der Waals surface area contributed by atoms with Gasteiger partial charge in [-0.1, -0.05) is 30.0 Å². The van der Waals surface area contributed by atoms with Crippen LogP contribution in [0.4, 0.5) is 10.5 Å². The number of hydrogen-bond donors (Lipinski definition) is 2. The Bertz CT molecular complexity index is 618. The van der Waals surface area contributed by atoms with Gasteiger partial charge in [0.25, 0.3) is 0 Å². The van der Waals surface area contributed by atoms with Gasteiger partial charge >= 0.3 is 6.03 Å². The Balaban J connectivity index is 1.63. The zero-order valence-electron chi connectivity index (χ0n) is 11.4. The first-order valence-corrected chi connectivity index (χ1v) is 6.43. The second-order valence-electron chi connectivity index (χ2n) is 4.00. The normalized spacial score (nSPS) is 9.14. The second-order valence-corrected chi connectivity index (χ2v) is 4.00. The van der Waals surface area contributed by atoms with E-state index < -0.39 is 0 Å². The molecule has 1 aromatic carbocycles. The van der Waals surface area contributed by atoms with Crippen LogP contribution in [-0.2, 0) is 0 Å². The van der Waals surface area contributed by atoms with E-state index in [1.807, 2.05) is 30.3 Å². The monoisotopic (exact) mass is 281 g/mol. The van der Waals surface area contributed by atoms with E-state index >= 15 is 0 Å². The maximum Gasteiger partial charge on any atom is 0.319 e. The van der Waals surface area contributed by atoms with Crippen molar-refractivity contribution in [3.63, 3.8) is 0 Å². The van der Waals surface area contributed by atoms with Gasteiger partial charge in [-0.2, -0.15) is 0 Å². The van der Waals surface area contributed by atoms with Crippen molar-refractivity contribution >= 4 is 11.7 Å². The molecule has 0 radical (unpaired) electrons. The number of para-hydroxylation sites is 1. The Labute approximate surface area is 123 Å². The van der Waals surface area contributed by atoms with Crippen LogP contribution in [-0.4, -0.2) is 24.2 Å². The minimum Gasteiger partial charge on any atom is -0.479 e. The van der Waals surface area contributed by atoms with Gasteiger partial charge in [0.05, 0.1) is 12.7 Å². The maximum atomic E-state index is 11.5. The molecule has 21 heavy (non-hydrogen) atoms. The highest BCUT2D eigenvalue weighted by Gasteiger charge is 1.97. The zero-order valence-corrected chi connectivity index (χ0v) is 11.4. The molecule has 5 heteroatoms. The zero-order chi connectivity index (χ0) is 14.8. The van der Waals surface area contributed by atoms with Gasteiger partial charge in [0.1, 0.15) is 12.4 Å². The molecule has 1 aromatic heterocycles. The van der Waals surface area contributed by atoms with E-state index in [9.17, 15) is 4.79 Å². The summed E-state index contributed by atoms with van der Waals surface area (Å²) in [4.78, 5) is 15.5. The van der Waals surface area contributed by atoms with Gasteiger partial charge in [-0.3, -0.25) is 4.98 Å². The quantitative estimate of drug-likeness (QED) is 0.845. The van der Waals surface area contributed by atoms with E-state index in [-0.39, 0.29) is 19.2 Å². The summed E-state index contributed by atoms with van der Waals surface area (Å²) < 4.78 is 5.34. The van der Waals surface area contributed by atoms with Gasteiger partial charge in [-0.15, -0.1) is 0 Å². The minimum absolute atomic E-state index is 0.258. The highest BCUT2D eigenvalue weighted by molar-refractivity contribution is 5.89. The fraction of sp³-hybridized carbons (Fsp3) is 0.125. The number of anilines is 1. The topological polar surface area (TPSA) is 63.2 Å². The number of ether oxygens (including phenoxy) is 1. The SMILES string of the molecule is O=C(NCC#CCOc1cccnc1)Nc1ccccc1. The van der Waals surface area contributed by atoms with Gasteiger partial charge in [0.15, 0.2) is 0 Å². The summed E-state index contributed by atoms with van der Waals surface area (Å²) in [6.07, 6.45) is 3.29. The molecular weight excluding hydrogens is 266 g/mol. The van der Waals surface area contributed by atoms with Crippen molar-refractivity contribution in [2.45, 2.75) is 0 Å². The number of nitrogens with one attached hydrogen (secondary N) is 2. The van der Waals surface area contributed by atoms with Crippen LogP contribution in [0.15, 0.2) is 54.9 Å². The number of aromatic nitrogens is 1. The molecule has 2 N–H and O–H groups in total. The molecule has 2 aromatic rings. The summed E-state index contributed by atoms with van der Waals surface area (Å²) in [5, 5.41) is 5.34. The van der Waals surface area contributed by atoms with Crippen LogP contribution in [0, 0.1) is 11.8 Å². The van der Waals surface area contributed by atoms with E-state index in [0.717, 1.165) is 5.69 Å². The minimum atomic E-state index is -0.288. The molecule has 5 nitrogen and oxygen atoms in total. The number of hydrogen-bond acceptors (Lipinski definition) is 3. The van der Waals surface area contributed by atoms with Gasteiger partial charge in [0, 0.05) is 11.9 Å². The average molecular weight is 281 g/mol. The number of carbonyl (C=O) groups excluding carboxylic acids is 1. The molecule has 0 saturated carbocycles. The smallest absolute Gasteiger partial charge is 0.319 e. The highest BCUT2D eigenvalue weighted by Crippen LogP contribution is 2.05. The largest absolute Gasteiger partial charge is 0.479 e. The maximum absolute atomic E-state index is 11.5. The van der Waals surface area contributed by atoms with Crippen LogP contribution < -0.4 is 15.4 Å². The molecule has 1 heterocycles. The first kappa shape index (κ1) is 14.4. The summed E-state index contributed by atoms with van der Waals surface area (Å²) in [6, 6.07) is 12.5. The first-order chi connectivity index (χ1) is 10.3. The van der Waals surface area contributed by atoms with Crippen LogP contribution in [0.25, 0.3) is 0 Å². The number of urea groups is 1. The van der Waals surface area contributed by atoms with Crippen molar-refractivity contribution in [3.05, 3.63) is 54.9 Å². The number of carbonyl (C=O) groups is 1. The lowest BCUT2D eigenvalue weighted by atomic mass is 10.3. The van der Waals surface area contributed by atoms with Crippen LogP contribution in [0.3, 0.4) is 0 Å². The lowest BCUT2D eigenvalue weighted by Gasteiger charge is -2.04. The van der Waals surface area contributed by atoms with Crippen molar-refractivity contribution in [1.29, 1.82) is 0 Å². The lowest BCUT2D eigenvalue weighted by molar-refractivity contribution is 0.253. The number of benzene rings is 1. The first-order valence-electron chi connectivity index (χ1n) is 6.43. The van der Waals surface area contributed by atoms with Gasteiger partial charge in [-0.25, -0.2) is 4.79 Å². The van der Waals surface area contributed by atoms with Crippen LogP contribution in [0.5, 0.6) is 5.75 Å².